The van der Waals surface area contributed by atoms with Crippen molar-refractivity contribution in [3.8, 4) is 0 Å². The quantitative estimate of drug-likeness (QED) is 0.504. The third kappa shape index (κ3) is 0.871. The van der Waals surface area contributed by atoms with E-state index in [-0.39, 0.29) is 0 Å². The molecule has 0 aromatic carbocycles. The van der Waals surface area contributed by atoms with Crippen LogP contribution in [-0.4, -0.2) is 23.0 Å². The molecule has 1 fully saturated rings. The summed E-state index contributed by atoms with van der Waals surface area (Å²) < 4.78 is 1.12. The standard InChI is InChI=1S/C5H8N2.V/c1-5-3-6-4-7(5)2;/h6H,1,4H2,2H3;. The van der Waals surface area contributed by atoms with Crippen LogP contribution in [0.25, 0.3) is 0 Å². The van der Waals surface area contributed by atoms with Crippen LogP contribution in [0.3, 0.4) is 0 Å². The minimum absolute atomic E-state index is 0.892. The molecule has 1 saturated heterocycles. The number of nitrogens with zero attached hydrogens (tertiary/aromatic N) is 1. The molecule has 0 aromatic rings. The molecule has 0 unspecified atom stereocenters. The molecule has 8 heavy (non-hydrogen) atoms. The molecule has 0 bridgehead atoms. The maximum absolute atomic E-state index is 3.83. The van der Waals surface area contributed by atoms with Crippen molar-refractivity contribution in [1.29, 1.82) is 0 Å². The summed E-state index contributed by atoms with van der Waals surface area (Å²) in [6, 6.07) is 0. The molecule has 1 rings (SSSR count). The second-order valence-electron chi connectivity index (χ2n) is 1.83. The first-order valence-corrected chi connectivity index (χ1v) is 3.12. The maximum atomic E-state index is 3.83. The van der Waals surface area contributed by atoms with Crippen LogP contribution < -0.4 is 5.32 Å². The van der Waals surface area contributed by atoms with Gasteiger partial charge in [0, 0.05) is 0 Å². The van der Waals surface area contributed by atoms with Crippen LogP contribution in [0.2, 0.25) is 0 Å². The fraction of sp³-hybridized carbons (Fsp3) is 0.400. The summed E-state index contributed by atoms with van der Waals surface area (Å²) in [5, 5.41) is 3.13. The van der Waals surface area contributed by atoms with E-state index in [1.165, 1.54) is 0 Å². The predicted molar refractivity (Wildman–Crippen MR) is 29.9 cm³/mol. The van der Waals surface area contributed by atoms with Gasteiger partial charge >= 0.3 is 57.5 Å². The Bertz CT molecular complexity index is 141. The monoisotopic (exact) mass is 147 g/mol. The zero-order valence-electron chi connectivity index (χ0n) is 4.81. The second kappa shape index (κ2) is 2.05. The summed E-state index contributed by atoms with van der Waals surface area (Å²) in [5.41, 5.74) is 1.07. The summed E-state index contributed by atoms with van der Waals surface area (Å²) in [6.45, 7) is 4.72. The van der Waals surface area contributed by atoms with Crippen molar-refractivity contribution in [2.24, 2.45) is 0 Å². The van der Waals surface area contributed by atoms with Gasteiger partial charge in [-0.05, 0) is 0 Å². The summed E-state index contributed by atoms with van der Waals surface area (Å²) in [7, 11) is 2.01. The molecule has 0 radical (unpaired) electrons. The van der Waals surface area contributed by atoms with Gasteiger partial charge in [0.2, 0.25) is 0 Å². The Labute approximate surface area is 58.1 Å². The third-order valence-electron chi connectivity index (χ3n) is 1.22. The average Bonchev–Trinajstić information content (AvgIpc) is 1.98. The zero-order valence-corrected chi connectivity index (χ0v) is 6.21. The van der Waals surface area contributed by atoms with Crippen molar-refractivity contribution in [2.45, 2.75) is 0 Å². The molecule has 1 aliphatic heterocycles. The number of likely N-dealkylation sites (N-methyl/N-ethyl adjacent to an activating group) is 1. The fourth-order valence-corrected chi connectivity index (χ4v) is 0.949. The molecule has 0 atom stereocenters. The van der Waals surface area contributed by atoms with Crippen molar-refractivity contribution in [1.82, 2.24) is 10.2 Å². The van der Waals surface area contributed by atoms with Gasteiger partial charge in [0.15, 0.2) is 0 Å². The van der Waals surface area contributed by atoms with Crippen LogP contribution in [-0.2, 0) is 17.0 Å². The molecule has 0 amide bonds. The van der Waals surface area contributed by atoms with Crippen molar-refractivity contribution in [3.05, 3.63) is 12.3 Å². The third-order valence-corrected chi connectivity index (χ3v) is 1.87. The first kappa shape index (κ1) is 6.08. The van der Waals surface area contributed by atoms with E-state index < -0.39 is 0 Å². The topological polar surface area (TPSA) is 15.3 Å². The van der Waals surface area contributed by atoms with Crippen molar-refractivity contribution in [2.75, 3.05) is 13.7 Å². The van der Waals surface area contributed by atoms with E-state index in [0.717, 1.165) is 16.7 Å². The van der Waals surface area contributed by atoms with E-state index in [1.54, 1.807) is 0 Å². The van der Waals surface area contributed by atoms with Crippen LogP contribution >= 0.6 is 0 Å². The Morgan fingerprint density at radius 1 is 1.88 bits per heavy atom. The zero-order chi connectivity index (χ0) is 6.15. The fourth-order valence-electron chi connectivity index (χ4n) is 0.572. The van der Waals surface area contributed by atoms with Gasteiger partial charge in [-0.25, -0.2) is 0 Å². The molecule has 1 aliphatic rings. The molecule has 43 valence electrons. The van der Waals surface area contributed by atoms with Gasteiger partial charge in [-0.3, -0.25) is 0 Å². The molecule has 0 spiro atoms. The molecule has 0 aromatic heterocycles. The second-order valence-corrected chi connectivity index (χ2v) is 2.53. The number of rotatable bonds is 0. The number of hydrogen-bond donors (Lipinski definition) is 1. The first-order valence-electron chi connectivity index (χ1n) is 2.42. The molecule has 1 heterocycles. The summed E-state index contributed by atoms with van der Waals surface area (Å²) in [5.74, 6) is 0. The Morgan fingerprint density at radius 2 is 2.50 bits per heavy atom. The van der Waals surface area contributed by atoms with Gasteiger partial charge in [-0.15, -0.1) is 0 Å². The average molecular weight is 147 g/mol. The number of nitrogens with one attached hydrogen (secondary N) is 1. The molecular weight excluding hydrogens is 139 g/mol. The molecule has 0 saturated carbocycles. The van der Waals surface area contributed by atoms with Gasteiger partial charge in [-0.1, -0.05) is 0 Å². The molecular formula is C5H8N2V. The van der Waals surface area contributed by atoms with Crippen LogP contribution in [0, 0.1) is 0 Å². The molecule has 1 N–H and O–H groups in total. The SMILES string of the molecule is C=C1[C](=[V])NCN1C. The van der Waals surface area contributed by atoms with E-state index in [9.17, 15) is 0 Å². The summed E-state index contributed by atoms with van der Waals surface area (Å²) in [4.78, 5) is 2.06. The molecule has 3 heteroatoms. The van der Waals surface area contributed by atoms with Gasteiger partial charge in [-0.2, -0.15) is 0 Å². The van der Waals surface area contributed by atoms with E-state index in [0.29, 0.717) is 0 Å². The van der Waals surface area contributed by atoms with Gasteiger partial charge in [0.25, 0.3) is 0 Å². The van der Waals surface area contributed by atoms with Crippen molar-refractivity contribution < 1.29 is 17.0 Å². The van der Waals surface area contributed by atoms with Gasteiger partial charge < -0.3 is 0 Å². The van der Waals surface area contributed by atoms with Crippen molar-refractivity contribution in [3.63, 3.8) is 0 Å². The van der Waals surface area contributed by atoms with Crippen LogP contribution in [0.15, 0.2) is 12.3 Å². The van der Waals surface area contributed by atoms with Gasteiger partial charge in [0.1, 0.15) is 0 Å². The Balaban J connectivity index is 2.71. The van der Waals surface area contributed by atoms with E-state index in [1.807, 2.05) is 7.05 Å². The van der Waals surface area contributed by atoms with E-state index >= 15 is 0 Å². The Hall–Kier alpha value is -0.0456. The van der Waals surface area contributed by atoms with E-state index in [2.05, 4.69) is 33.8 Å². The number of hydrogen-bond acceptors (Lipinski definition) is 2. The van der Waals surface area contributed by atoms with Crippen LogP contribution in [0.1, 0.15) is 0 Å². The summed E-state index contributed by atoms with van der Waals surface area (Å²) >= 11 is 2.46. The normalized spacial score (nSPS) is 20.2. The van der Waals surface area contributed by atoms with Crippen LogP contribution in [0.5, 0.6) is 0 Å². The first-order chi connectivity index (χ1) is 3.72. The van der Waals surface area contributed by atoms with Crippen LogP contribution in [0.4, 0.5) is 0 Å². The minimum atomic E-state index is 0.892. The Kier molecular flexibility index (Phi) is 1.56. The van der Waals surface area contributed by atoms with Gasteiger partial charge in [0.05, 0.1) is 0 Å². The molecule has 2 nitrogen and oxygen atoms in total. The summed E-state index contributed by atoms with van der Waals surface area (Å²) in [6.07, 6.45) is 0. The predicted octanol–water partition coefficient (Wildman–Crippen LogP) is -0.331. The Morgan fingerprint density at radius 3 is 2.62 bits per heavy atom. The van der Waals surface area contributed by atoms with E-state index in [4.69, 9.17) is 0 Å². The molecule has 0 aliphatic carbocycles. The van der Waals surface area contributed by atoms with Crippen molar-refractivity contribution >= 4 is 4.35 Å².